The Morgan fingerprint density at radius 1 is 0.897 bits per heavy atom. The van der Waals surface area contributed by atoms with E-state index in [2.05, 4.69) is 10.6 Å². The Balaban J connectivity index is 1.54. The highest BCUT2D eigenvalue weighted by atomic mass is 16.5. The van der Waals surface area contributed by atoms with Crippen LogP contribution in [0.15, 0.2) is 72.8 Å². The topological polar surface area (TPSA) is 67.4 Å². The Kier molecular flexibility index (Phi) is 6.63. The van der Waals surface area contributed by atoms with Gasteiger partial charge in [0.15, 0.2) is 6.61 Å². The first-order chi connectivity index (χ1) is 14.0. The van der Waals surface area contributed by atoms with E-state index in [9.17, 15) is 9.59 Å². The van der Waals surface area contributed by atoms with E-state index < -0.39 is 0 Å². The molecular formula is C24H24N2O3. The van der Waals surface area contributed by atoms with Gasteiger partial charge >= 0.3 is 0 Å². The molecule has 0 aliphatic carbocycles. The number of anilines is 1. The maximum absolute atomic E-state index is 12.4. The molecule has 0 unspecified atom stereocenters. The predicted octanol–water partition coefficient (Wildman–Crippen LogP) is 4.25. The van der Waals surface area contributed by atoms with Crippen LogP contribution in [-0.4, -0.2) is 18.4 Å². The van der Waals surface area contributed by atoms with E-state index in [-0.39, 0.29) is 18.4 Å². The van der Waals surface area contributed by atoms with Gasteiger partial charge in [-0.1, -0.05) is 48.5 Å². The van der Waals surface area contributed by atoms with Gasteiger partial charge in [0.1, 0.15) is 5.75 Å². The van der Waals surface area contributed by atoms with Crippen LogP contribution in [0, 0.1) is 13.8 Å². The number of carbonyl (C=O) groups is 2. The first-order valence-corrected chi connectivity index (χ1v) is 9.43. The van der Waals surface area contributed by atoms with Crippen molar-refractivity contribution in [1.29, 1.82) is 0 Å². The SMILES string of the molecule is Cc1ccc(C)c(NC(=O)COc2cccc(C(=O)NCc3ccccc3)c2)c1. The summed E-state index contributed by atoms with van der Waals surface area (Å²) >= 11 is 0. The number of hydrogen-bond donors (Lipinski definition) is 2. The number of hydrogen-bond acceptors (Lipinski definition) is 3. The minimum atomic E-state index is -0.252. The molecule has 0 saturated carbocycles. The molecular weight excluding hydrogens is 364 g/mol. The lowest BCUT2D eigenvalue weighted by Gasteiger charge is -2.11. The Labute approximate surface area is 170 Å². The molecule has 0 radical (unpaired) electrons. The summed E-state index contributed by atoms with van der Waals surface area (Å²) in [6, 6.07) is 22.4. The quantitative estimate of drug-likeness (QED) is 0.636. The molecule has 3 rings (SSSR count). The summed E-state index contributed by atoms with van der Waals surface area (Å²) in [6.45, 7) is 4.22. The third-order valence-electron chi connectivity index (χ3n) is 4.43. The van der Waals surface area contributed by atoms with E-state index in [0.717, 1.165) is 22.4 Å². The van der Waals surface area contributed by atoms with Crippen LogP contribution in [0.2, 0.25) is 0 Å². The van der Waals surface area contributed by atoms with E-state index in [1.165, 1.54) is 0 Å². The fourth-order valence-electron chi connectivity index (χ4n) is 2.81. The monoisotopic (exact) mass is 388 g/mol. The van der Waals surface area contributed by atoms with Crippen LogP contribution < -0.4 is 15.4 Å². The number of benzene rings is 3. The van der Waals surface area contributed by atoms with Gasteiger partial charge in [0, 0.05) is 17.8 Å². The molecule has 0 saturated heterocycles. The molecule has 29 heavy (non-hydrogen) atoms. The third kappa shape index (κ3) is 5.94. The molecule has 3 aromatic carbocycles. The van der Waals surface area contributed by atoms with Crippen molar-refractivity contribution in [2.45, 2.75) is 20.4 Å². The average Bonchev–Trinajstić information content (AvgIpc) is 2.74. The first-order valence-electron chi connectivity index (χ1n) is 9.43. The molecule has 0 bridgehead atoms. The number of rotatable bonds is 7. The van der Waals surface area contributed by atoms with Crippen molar-refractivity contribution in [2.24, 2.45) is 0 Å². The summed E-state index contributed by atoms with van der Waals surface area (Å²) < 4.78 is 5.57. The zero-order valence-corrected chi connectivity index (χ0v) is 16.6. The summed E-state index contributed by atoms with van der Waals surface area (Å²) in [5, 5.41) is 5.73. The van der Waals surface area contributed by atoms with Crippen molar-refractivity contribution in [3.63, 3.8) is 0 Å². The number of carbonyl (C=O) groups excluding carboxylic acids is 2. The number of amides is 2. The van der Waals surface area contributed by atoms with Crippen LogP contribution in [0.5, 0.6) is 5.75 Å². The highest BCUT2D eigenvalue weighted by molar-refractivity contribution is 5.95. The predicted molar refractivity (Wildman–Crippen MR) is 114 cm³/mol. The summed E-state index contributed by atoms with van der Waals surface area (Å²) in [4.78, 5) is 24.6. The van der Waals surface area contributed by atoms with Crippen molar-refractivity contribution in [3.8, 4) is 5.75 Å². The molecule has 5 heteroatoms. The Bertz CT molecular complexity index is 1000. The highest BCUT2D eigenvalue weighted by Gasteiger charge is 2.09. The average molecular weight is 388 g/mol. The second kappa shape index (κ2) is 9.55. The van der Waals surface area contributed by atoms with E-state index >= 15 is 0 Å². The van der Waals surface area contributed by atoms with Gasteiger partial charge in [-0.2, -0.15) is 0 Å². The Hall–Kier alpha value is -3.60. The van der Waals surface area contributed by atoms with Gasteiger partial charge in [-0.15, -0.1) is 0 Å². The van der Waals surface area contributed by atoms with Crippen LogP contribution >= 0.6 is 0 Å². The molecule has 3 aromatic rings. The summed E-state index contributed by atoms with van der Waals surface area (Å²) in [6.07, 6.45) is 0. The fourth-order valence-corrected chi connectivity index (χ4v) is 2.81. The molecule has 0 fully saturated rings. The minimum Gasteiger partial charge on any atom is -0.484 e. The molecule has 0 aliphatic rings. The van der Waals surface area contributed by atoms with Gasteiger partial charge in [-0.05, 0) is 54.8 Å². The van der Waals surface area contributed by atoms with Crippen LogP contribution in [0.1, 0.15) is 27.0 Å². The van der Waals surface area contributed by atoms with E-state index in [1.807, 2.05) is 62.4 Å². The normalized spacial score (nSPS) is 10.3. The molecule has 2 amide bonds. The van der Waals surface area contributed by atoms with Crippen molar-refractivity contribution in [3.05, 3.63) is 95.1 Å². The number of nitrogens with one attached hydrogen (secondary N) is 2. The first kappa shape index (κ1) is 20.1. The van der Waals surface area contributed by atoms with Crippen molar-refractivity contribution >= 4 is 17.5 Å². The standard InChI is InChI=1S/C24H24N2O3/c1-17-11-12-18(2)22(13-17)26-23(27)16-29-21-10-6-9-20(14-21)24(28)25-15-19-7-4-3-5-8-19/h3-14H,15-16H2,1-2H3,(H,25,28)(H,26,27). The van der Waals surface area contributed by atoms with Gasteiger partial charge < -0.3 is 15.4 Å². The molecule has 148 valence electrons. The second-order valence-corrected chi connectivity index (χ2v) is 6.85. The van der Waals surface area contributed by atoms with Crippen molar-refractivity contribution < 1.29 is 14.3 Å². The lowest BCUT2D eigenvalue weighted by molar-refractivity contribution is -0.118. The van der Waals surface area contributed by atoms with Crippen LogP contribution in [-0.2, 0) is 11.3 Å². The number of ether oxygens (including phenoxy) is 1. The molecule has 0 heterocycles. The van der Waals surface area contributed by atoms with E-state index in [0.29, 0.717) is 17.9 Å². The minimum absolute atomic E-state index is 0.136. The lowest BCUT2D eigenvalue weighted by Crippen LogP contribution is -2.23. The Morgan fingerprint density at radius 2 is 1.69 bits per heavy atom. The maximum Gasteiger partial charge on any atom is 0.262 e. The largest absolute Gasteiger partial charge is 0.484 e. The van der Waals surface area contributed by atoms with Gasteiger partial charge in [-0.25, -0.2) is 0 Å². The van der Waals surface area contributed by atoms with E-state index in [4.69, 9.17) is 4.74 Å². The lowest BCUT2D eigenvalue weighted by atomic mass is 10.1. The molecule has 0 atom stereocenters. The number of aryl methyl sites for hydroxylation is 2. The van der Waals surface area contributed by atoms with Crippen LogP contribution in [0.25, 0.3) is 0 Å². The maximum atomic E-state index is 12.4. The second-order valence-electron chi connectivity index (χ2n) is 6.85. The van der Waals surface area contributed by atoms with Crippen LogP contribution in [0.4, 0.5) is 5.69 Å². The summed E-state index contributed by atoms with van der Waals surface area (Å²) in [5.41, 5.74) is 4.33. The molecule has 0 spiro atoms. The van der Waals surface area contributed by atoms with Gasteiger partial charge in [0.25, 0.3) is 11.8 Å². The fraction of sp³-hybridized carbons (Fsp3) is 0.167. The van der Waals surface area contributed by atoms with Gasteiger partial charge in [-0.3, -0.25) is 9.59 Å². The molecule has 0 aliphatic heterocycles. The molecule has 0 aromatic heterocycles. The van der Waals surface area contributed by atoms with Crippen molar-refractivity contribution in [2.75, 3.05) is 11.9 Å². The van der Waals surface area contributed by atoms with Gasteiger partial charge in [0.05, 0.1) is 0 Å². The zero-order chi connectivity index (χ0) is 20.6. The van der Waals surface area contributed by atoms with Gasteiger partial charge in [0.2, 0.25) is 0 Å². The van der Waals surface area contributed by atoms with Crippen LogP contribution in [0.3, 0.4) is 0 Å². The summed E-state index contributed by atoms with van der Waals surface area (Å²) in [5.74, 6) is 0.0187. The smallest absolute Gasteiger partial charge is 0.262 e. The van der Waals surface area contributed by atoms with E-state index in [1.54, 1.807) is 24.3 Å². The zero-order valence-electron chi connectivity index (χ0n) is 16.6. The summed E-state index contributed by atoms with van der Waals surface area (Å²) in [7, 11) is 0. The molecule has 2 N–H and O–H groups in total. The Morgan fingerprint density at radius 3 is 2.48 bits per heavy atom. The third-order valence-corrected chi connectivity index (χ3v) is 4.43. The highest BCUT2D eigenvalue weighted by Crippen LogP contribution is 2.17. The van der Waals surface area contributed by atoms with Crippen molar-refractivity contribution in [1.82, 2.24) is 5.32 Å². The molecule has 5 nitrogen and oxygen atoms in total.